The lowest BCUT2D eigenvalue weighted by atomic mass is 9.99. The number of anilines is 1. The van der Waals surface area contributed by atoms with E-state index in [4.69, 9.17) is 9.47 Å². The van der Waals surface area contributed by atoms with Gasteiger partial charge in [0.15, 0.2) is 15.6 Å². The van der Waals surface area contributed by atoms with Gasteiger partial charge in [-0.2, -0.15) is 0 Å². The first kappa shape index (κ1) is 23.6. The molecule has 4 rings (SSSR count). The molecule has 0 amide bonds. The van der Waals surface area contributed by atoms with E-state index in [1.807, 2.05) is 12.1 Å². The van der Waals surface area contributed by atoms with Crippen molar-refractivity contribution >= 4 is 26.9 Å². The van der Waals surface area contributed by atoms with Crippen LogP contribution in [-0.2, 0) is 25.1 Å². The van der Waals surface area contributed by atoms with E-state index >= 15 is 0 Å². The van der Waals surface area contributed by atoms with Gasteiger partial charge in [-0.15, -0.1) is 11.3 Å². The van der Waals surface area contributed by atoms with E-state index in [1.165, 1.54) is 23.5 Å². The normalized spacial score (nSPS) is 22.6. The van der Waals surface area contributed by atoms with E-state index in [9.17, 15) is 12.8 Å². The number of rotatable bonds is 8. The molecule has 0 N–H and O–H groups in total. The number of piperazine rings is 1. The summed E-state index contributed by atoms with van der Waals surface area (Å²) in [6.07, 6.45) is 2.71. The highest BCUT2D eigenvalue weighted by molar-refractivity contribution is 7.94. The molecule has 0 spiro atoms. The summed E-state index contributed by atoms with van der Waals surface area (Å²) in [7, 11) is -0.216. The second-order valence-corrected chi connectivity index (χ2v) is 11.8. The maximum atomic E-state index is 13.1. The third-order valence-corrected chi connectivity index (χ3v) is 10.4. The molecule has 0 saturated carbocycles. The average molecular weight is 483 g/mol. The number of fused-ring (bicyclic) bond motifs is 1. The minimum absolute atomic E-state index is 0.212. The quantitative estimate of drug-likeness (QED) is 0.421. The van der Waals surface area contributed by atoms with Gasteiger partial charge in [-0.25, -0.2) is 12.8 Å². The smallest absolute Gasteiger partial charge is 0.197 e. The molecule has 1 atom stereocenters. The van der Waals surface area contributed by atoms with E-state index in [0.717, 1.165) is 51.3 Å². The topological polar surface area (TPSA) is 59.1 Å². The van der Waals surface area contributed by atoms with Crippen molar-refractivity contribution in [1.82, 2.24) is 4.90 Å². The molecule has 32 heavy (non-hydrogen) atoms. The Morgan fingerprint density at radius 2 is 1.75 bits per heavy atom. The largest absolute Gasteiger partial charge is 0.369 e. The first-order valence-electron chi connectivity index (χ1n) is 11.0. The number of halogens is 1. The standard InChI is InChI=1S/C23H31FN2O4S2/c1-29-23(30-2)17-20(32(27,28)22-21(23)10-16-31-22)5-3-4-11-25-12-14-26(15-13-25)19-8-6-18(24)7-9-19/h6-10,16,20H,3-5,11-15,17H2,1-2H3. The summed E-state index contributed by atoms with van der Waals surface area (Å²) < 4.78 is 51.1. The van der Waals surface area contributed by atoms with Crippen LogP contribution in [0.1, 0.15) is 31.2 Å². The van der Waals surface area contributed by atoms with E-state index in [1.54, 1.807) is 25.7 Å². The zero-order valence-corrected chi connectivity index (χ0v) is 20.3. The van der Waals surface area contributed by atoms with Gasteiger partial charge in [0, 0.05) is 58.1 Å². The first-order chi connectivity index (χ1) is 15.4. The number of hydrogen-bond acceptors (Lipinski definition) is 7. The molecule has 6 nitrogen and oxygen atoms in total. The van der Waals surface area contributed by atoms with Crippen molar-refractivity contribution in [2.75, 3.05) is 51.8 Å². The second-order valence-electron chi connectivity index (χ2n) is 8.45. The number of thiophene rings is 1. The van der Waals surface area contributed by atoms with Crippen molar-refractivity contribution in [2.24, 2.45) is 0 Å². The van der Waals surface area contributed by atoms with Crippen LogP contribution in [0.4, 0.5) is 10.1 Å². The van der Waals surface area contributed by atoms with Gasteiger partial charge < -0.3 is 14.4 Å². The fraction of sp³-hybridized carbons (Fsp3) is 0.565. The number of ether oxygens (including phenoxy) is 2. The summed E-state index contributed by atoms with van der Waals surface area (Å²) in [5.41, 5.74) is 1.68. The molecule has 1 unspecified atom stereocenters. The third kappa shape index (κ3) is 4.59. The maximum Gasteiger partial charge on any atom is 0.197 e. The average Bonchev–Trinajstić information content (AvgIpc) is 3.31. The van der Waals surface area contributed by atoms with Gasteiger partial charge >= 0.3 is 0 Å². The molecule has 0 radical (unpaired) electrons. The zero-order valence-electron chi connectivity index (χ0n) is 18.6. The Bertz CT molecular complexity index is 997. The van der Waals surface area contributed by atoms with Crippen molar-refractivity contribution in [3.63, 3.8) is 0 Å². The van der Waals surface area contributed by atoms with Crippen LogP contribution in [0.3, 0.4) is 0 Å². The molecule has 1 aromatic carbocycles. The molecule has 1 aromatic heterocycles. The summed E-state index contributed by atoms with van der Waals surface area (Å²) in [5, 5.41) is 1.30. The minimum atomic E-state index is -3.37. The van der Waals surface area contributed by atoms with Crippen LogP contribution in [0, 0.1) is 5.82 Å². The van der Waals surface area contributed by atoms with Crippen molar-refractivity contribution < 1.29 is 22.3 Å². The summed E-state index contributed by atoms with van der Waals surface area (Å²) in [4.78, 5) is 4.69. The van der Waals surface area contributed by atoms with Crippen molar-refractivity contribution in [3.8, 4) is 0 Å². The summed E-state index contributed by atoms with van der Waals surface area (Å²) in [6.45, 7) is 4.68. The van der Waals surface area contributed by atoms with Crippen molar-refractivity contribution in [3.05, 3.63) is 47.1 Å². The van der Waals surface area contributed by atoms with Gasteiger partial charge in [0.05, 0.1) is 5.25 Å². The summed E-state index contributed by atoms with van der Waals surface area (Å²) in [5.74, 6) is -1.20. The molecule has 2 aromatic rings. The number of nitrogens with zero attached hydrogens (tertiary/aromatic N) is 2. The minimum Gasteiger partial charge on any atom is -0.369 e. The molecule has 0 bridgehead atoms. The fourth-order valence-corrected chi connectivity index (χ4v) is 8.32. The van der Waals surface area contributed by atoms with Crippen LogP contribution in [0.2, 0.25) is 0 Å². The molecule has 1 fully saturated rings. The Hall–Kier alpha value is -1.52. The molecule has 2 aliphatic rings. The molecule has 0 aliphatic carbocycles. The Kier molecular flexibility index (Phi) is 7.21. The highest BCUT2D eigenvalue weighted by atomic mass is 32.2. The Balaban J connectivity index is 1.27. The van der Waals surface area contributed by atoms with Gasteiger partial charge in [-0.05, 0) is 55.1 Å². The van der Waals surface area contributed by atoms with E-state index < -0.39 is 20.9 Å². The van der Waals surface area contributed by atoms with Gasteiger partial charge in [0.2, 0.25) is 0 Å². The molecule has 9 heteroatoms. The molecule has 3 heterocycles. The maximum absolute atomic E-state index is 13.1. The Labute approximate surface area is 193 Å². The predicted molar refractivity (Wildman–Crippen MR) is 125 cm³/mol. The van der Waals surface area contributed by atoms with Crippen LogP contribution < -0.4 is 4.90 Å². The molecule has 2 aliphatic heterocycles. The summed E-state index contributed by atoms with van der Waals surface area (Å²) >= 11 is 1.25. The zero-order chi connectivity index (χ0) is 22.8. The molecule has 176 valence electrons. The van der Waals surface area contributed by atoms with Crippen LogP contribution in [0.15, 0.2) is 39.9 Å². The van der Waals surface area contributed by atoms with Gasteiger partial charge in [0.1, 0.15) is 10.0 Å². The highest BCUT2D eigenvalue weighted by Gasteiger charge is 2.49. The van der Waals surface area contributed by atoms with Gasteiger partial charge in [-0.1, -0.05) is 6.42 Å². The molecule has 1 saturated heterocycles. The van der Waals surface area contributed by atoms with Crippen molar-refractivity contribution in [2.45, 2.75) is 40.9 Å². The van der Waals surface area contributed by atoms with Crippen LogP contribution in [0.25, 0.3) is 0 Å². The molecular formula is C23H31FN2O4S2. The van der Waals surface area contributed by atoms with Gasteiger partial charge in [0.25, 0.3) is 0 Å². The second kappa shape index (κ2) is 9.77. The van der Waals surface area contributed by atoms with E-state index in [2.05, 4.69) is 9.80 Å². The predicted octanol–water partition coefficient (Wildman–Crippen LogP) is 3.87. The van der Waals surface area contributed by atoms with E-state index in [0.29, 0.717) is 22.6 Å². The SMILES string of the molecule is COC1(OC)CC(CCCCN2CCN(c3ccc(F)cc3)CC2)S(=O)(=O)c2sccc21. The highest BCUT2D eigenvalue weighted by Crippen LogP contribution is 2.46. The lowest BCUT2D eigenvalue weighted by Crippen LogP contribution is -2.46. The number of hydrogen-bond donors (Lipinski definition) is 0. The monoisotopic (exact) mass is 482 g/mol. The number of unbranched alkanes of at least 4 members (excludes halogenated alkanes) is 1. The first-order valence-corrected chi connectivity index (χ1v) is 13.5. The fourth-order valence-electron chi connectivity index (χ4n) is 4.79. The number of benzene rings is 1. The van der Waals surface area contributed by atoms with E-state index in [-0.39, 0.29) is 5.82 Å². The van der Waals surface area contributed by atoms with Gasteiger partial charge in [-0.3, -0.25) is 4.90 Å². The van der Waals surface area contributed by atoms with Crippen LogP contribution in [-0.4, -0.2) is 65.5 Å². The Morgan fingerprint density at radius 1 is 1.06 bits per heavy atom. The number of methoxy groups -OCH3 is 2. The summed E-state index contributed by atoms with van der Waals surface area (Å²) in [6, 6.07) is 8.46. The lowest BCUT2D eigenvalue weighted by molar-refractivity contribution is -0.223. The third-order valence-electron chi connectivity index (χ3n) is 6.71. The van der Waals surface area contributed by atoms with Crippen molar-refractivity contribution in [1.29, 1.82) is 0 Å². The lowest BCUT2D eigenvalue weighted by Gasteiger charge is -2.38. The molecular weight excluding hydrogens is 451 g/mol. The Morgan fingerprint density at radius 3 is 2.41 bits per heavy atom. The van der Waals surface area contributed by atoms with Crippen LogP contribution in [0.5, 0.6) is 0 Å². The van der Waals surface area contributed by atoms with Crippen LogP contribution >= 0.6 is 11.3 Å². The number of sulfone groups is 1.